The summed E-state index contributed by atoms with van der Waals surface area (Å²) in [4.78, 5) is 0. The number of rotatable bonds is 0. The number of ether oxygens (including phenoxy) is 2. The van der Waals surface area contributed by atoms with E-state index in [1.165, 1.54) is 19.3 Å². The Balaban J connectivity index is 1.48. The van der Waals surface area contributed by atoms with Crippen molar-refractivity contribution in [3.05, 3.63) is 22.8 Å². The van der Waals surface area contributed by atoms with E-state index in [9.17, 15) is 5.11 Å². The predicted molar refractivity (Wildman–Crippen MR) is 87.8 cm³/mol. The quantitative estimate of drug-likeness (QED) is 0.740. The van der Waals surface area contributed by atoms with Crippen molar-refractivity contribution >= 4 is 0 Å². The van der Waals surface area contributed by atoms with Gasteiger partial charge in [-0.15, -0.1) is 0 Å². The van der Waals surface area contributed by atoms with E-state index in [1.54, 1.807) is 16.7 Å². The van der Waals surface area contributed by atoms with Crippen LogP contribution in [0.3, 0.4) is 0 Å². The Hall–Kier alpha value is -0.640. The molecule has 4 aliphatic carbocycles. The van der Waals surface area contributed by atoms with Crippen LogP contribution in [0, 0.1) is 17.3 Å². The van der Waals surface area contributed by atoms with Gasteiger partial charge in [0.05, 0.1) is 19.3 Å². The minimum Gasteiger partial charge on any atom is -0.393 e. The Kier molecular flexibility index (Phi) is 3.15. The summed E-state index contributed by atoms with van der Waals surface area (Å²) in [5.74, 6) is 1.07. The summed E-state index contributed by atoms with van der Waals surface area (Å²) in [5, 5.41) is 10.5. The Morgan fingerprint density at radius 3 is 2.78 bits per heavy atom. The number of allylic oxidation sites excluding steroid dienone is 3. The number of fused-ring (bicyclic) bond motifs is 4. The normalized spacial score (nSPS) is 44.8. The van der Waals surface area contributed by atoms with Gasteiger partial charge in [0.1, 0.15) is 0 Å². The third kappa shape index (κ3) is 1.99. The van der Waals surface area contributed by atoms with Gasteiger partial charge in [0.2, 0.25) is 0 Å². The van der Waals surface area contributed by atoms with Crippen LogP contribution >= 0.6 is 0 Å². The third-order valence-electron chi connectivity index (χ3n) is 7.59. The van der Waals surface area contributed by atoms with Gasteiger partial charge < -0.3 is 14.6 Å². The first-order valence-electron chi connectivity index (χ1n) is 9.49. The van der Waals surface area contributed by atoms with Crippen molar-refractivity contribution in [1.29, 1.82) is 0 Å². The molecule has 5 rings (SSSR count). The fourth-order valence-electron chi connectivity index (χ4n) is 6.27. The third-order valence-corrected chi connectivity index (χ3v) is 7.59. The van der Waals surface area contributed by atoms with Gasteiger partial charge in [0, 0.05) is 18.3 Å². The molecule has 3 nitrogen and oxygen atoms in total. The van der Waals surface area contributed by atoms with Gasteiger partial charge in [-0.2, -0.15) is 0 Å². The lowest BCUT2D eigenvalue weighted by Crippen LogP contribution is -2.42. The van der Waals surface area contributed by atoms with Crippen LogP contribution in [0.1, 0.15) is 58.3 Å². The van der Waals surface area contributed by atoms with Crippen molar-refractivity contribution in [2.45, 2.75) is 70.2 Å². The van der Waals surface area contributed by atoms with Crippen LogP contribution < -0.4 is 0 Å². The van der Waals surface area contributed by atoms with Crippen molar-refractivity contribution in [1.82, 2.24) is 0 Å². The standard InChI is InChI=1S/C20H28O3/c1-19-8-6-15-14-7-9-20(22-10-11-23-20)12-13(14)2-3-16(15)17(19)4-5-18(19)21/h6,16-18,21H,2-5,7-12H2,1H3/t16-,17?,18?,19+/m1/s1. The molecule has 1 heterocycles. The van der Waals surface area contributed by atoms with Crippen LogP contribution in [0.4, 0.5) is 0 Å². The first-order valence-corrected chi connectivity index (χ1v) is 9.49. The summed E-state index contributed by atoms with van der Waals surface area (Å²) in [6.45, 7) is 3.83. The summed E-state index contributed by atoms with van der Waals surface area (Å²) in [7, 11) is 0. The molecule has 2 fully saturated rings. The van der Waals surface area contributed by atoms with E-state index in [0.29, 0.717) is 11.8 Å². The zero-order valence-electron chi connectivity index (χ0n) is 14.1. The monoisotopic (exact) mass is 316 g/mol. The topological polar surface area (TPSA) is 38.7 Å². The highest BCUT2D eigenvalue weighted by molar-refractivity contribution is 5.44. The molecule has 2 unspecified atom stereocenters. The minimum absolute atomic E-state index is 0.101. The van der Waals surface area contributed by atoms with Crippen LogP contribution in [-0.4, -0.2) is 30.2 Å². The molecule has 4 atom stereocenters. The molecular formula is C20H28O3. The molecule has 1 aliphatic heterocycles. The second-order valence-corrected chi connectivity index (χ2v) is 8.58. The highest BCUT2D eigenvalue weighted by atomic mass is 16.7. The summed E-state index contributed by atoms with van der Waals surface area (Å²) in [6.07, 6.45) is 11.2. The van der Waals surface area contributed by atoms with Crippen LogP contribution in [0.25, 0.3) is 0 Å². The van der Waals surface area contributed by atoms with Crippen LogP contribution in [-0.2, 0) is 9.47 Å². The molecule has 0 aromatic heterocycles. The van der Waals surface area contributed by atoms with Crippen molar-refractivity contribution in [2.24, 2.45) is 17.3 Å². The lowest BCUT2D eigenvalue weighted by molar-refractivity contribution is -0.164. The molecular weight excluding hydrogens is 288 g/mol. The van der Waals surface area contributed by atoms with Gasteiger partial charge >= 0.3 is 0 Å². The zero-order chi connectivity index (χ0) is 15.7. The van der Waals surface area contributed by atoms with Gasteiger partial charge in [-0.25, -0.2) is 0 Å². The van der Waals surface area contributed by atoms with Crippen molar-refractivity contribution < 1.29 is 14.6 Å². The molecule has 1 spiro atoms. The van der Waals surface area contributed by atoms with E-state index in [2.05, 4.69) is 13.0 Å². The molecule has 0 radical (unpaired) electrons. The number of hydrogen-bond acceptors (Lipinski definition) is 3. The van der Waals surface area contributed by atoms with E-state index < -0.39 is 0 Å². The molecule has 0 bridgehead atoms. The Labute approximate surface area is 138 Å². The predicted octanol–water partition coefficient (Wildman–Crippen LogP) is 3.73. The lowest BCUT2D eigenvalue weighted by atomic mass is 9.58. The Morgan fingerprint density at radius 2 is 1.96 bits per heavy atom. The van der Waals surface area contributed by atoms with Gasteiger partial charge in [-0.3, -0.25) is 0 Å². The minimum atomic E-state index is -0.293. The van der Waals surface area contributed by atoms with E-state index in [0.717, 1.165) is 45.3 Å². The maximum Gasteiger partial charge on any atom is 0.172 e. The van der Waals surface area contributed by atoms with Crippen LogP contribution in [0.2, 0.25) is 0 Å². The largest absolute Gasteiger partial charge is 0.393 e. The highest BCUT2D eigenvalue weighted by Gasteiger charge is 2.53. The molecule has 126 valence electrons. The molecule has 0 aromatic rings. The van der Waals surface area contributed by atoms with E-state index >= 15 is 0 Å². The first-order chi connectivity index (χ1) is 11.1. The molecule has 3 heteroatoms. The van der Waals surface area contributed by atoms with Gasteiger partial charge in [-0.1, -0.05) is 18.6 Å². The fraction of sp³-hybridized carbons (Fsp3) is 0.800. The number of hydrogen-bond donors (Lipinski definition) is 1. The SMILES string of the molecule is C[C@]12CC=C3C4=C(CC[C@H]3C1CCC2O)CC1(CC4)OCCO1. The summed E-state index contributed by atoms with van der Waals surface area (Å²) >= 11 is 0. The van der Waals surface area contributed by atoms with E-state index in [4.69, 9.17) is 9.47 Å². The average Bonchev–Trinajstić information content (AvgIpc) is 3.12. The van der Waals surface area contributed by atoms with Crippen molar-refractivity contribution in [3.8, 4) is 0 Å². The molecule has 1 saturated heterocycles. The Morgan fingerprint density at radius 1 is 1.13 bits per heavy atom. The smallest absolute Gasteiger partial charge is 0.172 e. The molecule has 0 aromatic carbocycles. The fourth-order valence-corrected chi connectivity index (χ4v) is 6.27. The number of aliphatic hydroxyl groups excluding tert-OH is 1. The summed E-state index contributed by atoms with van der Waals surface area (Å²) in [5.41, 5.74) is 4.99. The van der Waals surface area contributed by atoms with Crippen LogP contribution in [0.5, 0.6) is 0 Å². The molecule has 5 aliphatic rings. The first kappa shape index (κ1) is 14.7. The summed E-state index contributed by atoms with van der Waals surface area (Å²) in [6, 6.07) is 0. The molecule has 1 N–H and O–H groups in total. The zero-order valence-corrected chi connectivity index (χ0v) is 14.1. The van der Waals surface area contributed by atoms with Gasteiger partial charge in [-0.05, 0) is 61.5 Å². The molecule has 23 heavy (non-hydrogen) atoms. The van der Waals surface area contributed by atoms with Crippen molar-refractivity contribution in [3.63, 3.8) is 0 Å². The molecule has 0 amide bonds. The van der Waals surface area contributed by atoms with E-state index in [1.807, 2.05) is 0 Å². The second-order valence-electron chi connectivity index (χ2n) is 8.58. The Bertz CT molecular complexity index is 584. The molecule has 1 saturated carbocycles. The van der Waals surface area contributed by atoms with Gasteiger partial charge in [0.25, 0.3) is 0 Å². The van der Waals surface area contributed by atoms with Gasteiger partial charge in [0.15, 0.2) is 5.79 Å². The maximum absolute atomic E-state index is 10.5. The van der Waals surface area contributed by atoms with Crippen molar-refractivity contribution in [2.75, 3.05) is 13.2 Å². The summed E-state index contributed by atoms with van der Waals surface area (Å²) < 4.78 is 11.9. The average molecular weight is 316 g/mol. The van der Waals surface area contributed by atoms with Crippen LogP contribution in [0.15, 0.2) is 22.8 Å². The second kappa shape index (κ2) is 4.93. The lowest BCUT2D eigenvalue weighted by Gasteiger charge is -2.48. The maximum atomic E-state index is 10.5. The number of aliphatic hydroxyl groups is 1. The van der Waals surface area contributed by atoms with E-state index in [-0.39, 0.29) is 17.3 Å². The highest BCUT2D eigenvalue weighted by Crippen LogP contribution is 2.59.